The third kappa shape index (κ3) is 4.08. The van der Waals surface area contributed by atoms with Crippen LogP contribution in [0.2, 0.25) is 0 Å². The van der Waals surface area contributed by atoms with Crippen molar-refractivity contribution in [1.29, 1.82) is 0 Å². The lowest BCUT2D eigenvalue weighted by Crippen LogP contribution is -2.39. The van der Waals surface area contributed by atoms with Gasteiger partial charge in [0.2, 0.25) is 0 Å². The summed E-state index contributed by atoms with van der Waals surface area (Å²) in [6, 6.07) is 0. The highest BCUT2D eigenvalue weighted by Crippen LogP contribution is 2.50. The number of carbonyl (C=O) groups is 1. The van der Waals surface area contributed by atoms with E-state index in [-0.39, 0.29) is 48.8 Å². The zero-order valence-electron chi connectivity index (χ0n) is 15.3. The van der Waals surface area contributed by atoms with Gasteiger partial charge in [0.05, 0.1) is 24.7 Å². The van der Waals surface area contributed by atoms with Crippen molar-refractivity contribution >= 4 is 5.97 Å². The van der Waals surface area contributed by atoms with Crippen LogP contribution in [0, 0.1) is 11.8 Å². The van der Waals surface area contributed by atoms with Gasteiger partial charge in [-0.05, 0) is 39.5 Å². The summed E-state index contributed by atoms with van der Waals surface area (Å²) in [5, 5.41) is 18.5. The number of epoxide rings is 1. The number of allylic oxidation sites excluding steroid dienone is 2. The summed E-state index contributed by atoms with van der Waals surface area (Å²) in [4.78, 5) is 14.5. The van der Waals surface area contributed by atoms with Crippen molar-refractivity contribution in [2.45, 2.75) is 57.3 Å². The second kappa shape index (κ2) is 7.74. The lowest BCUT2D eigenvalue weighted by Gasteiger charge is -2.27. The first kappa shape index (κ1) is 18.8. The zero-order chi connectivity index (χ0) is 18.0. The van der Waals surface area contributed by atoms with Gasteiger partial charge in [-0.1, -0.05) is 11.6 Å². The van der Waals surface area contributed by atoms with Gasteiger partial charge in [-0.15, -0.1) is 0 Å². The van der Waals surface area contributed by atoms with E-state index in [4.69, 9.17) is 9.47 Å². The number of esters is 1. The van der Waals surface area contributed by atoms with E-state index in [1.165, 1.54) is 5.57 Å². The van der Waals surface area contributed by atoms with Crippen LogP contribution in [0.15, 0.2) is 11.6 Å². The van der Waals surface area contributed by atoms with Crippen molar-refractivity contribution in [2.24, 2.45) is 11.8 Å². The molecule has 3 aliphatic rings. The first-order chi connectivity index (χ1) is 12.0. The molecule has 0 spiro atoms. The first-order valence-electron chi connectivity index (χ1n) is 9.46. The van der Waals surface area contributed by atoms with E-state index < -0.39 is 0 Å². The molecule has 0 bridgehead atoms. The molecule has 0 aromatic carbocycles. The Morgan fingerprint density at radius 3 is 2.72 bits per heavy atom. The molecule has 5 atom stereocenters. The second-order valence-electron chi connectivity index (χ2n) is 7.90. The van der Waals surface area contributed by atoms with Gasteiger partial charge in [0.15, 0.2) is 0 Å². The highest BCUT2D eigenvalue weighted by atomic mass is 16.6. The van der Waals surface area contributed by atoms with Crippen molar-refractivity contribution in [3.05, 3.63) is 11.6 Å². The highest BCUT2D eigenvalue weighted by molar-refractivity contribution is 5.75. The second-order valence-corrected chi connectivity index (χ2v) is 7.90. The van der Waals surface area contributed by atoms with E-state index in [0.717, 1.165) is 25.7 Å². The maximum atomic E-state index is 12.6. The minimum Gasteiger partial charge on any atom is -0.459 e. The van der Waals surface area contributed by atoms with Crippen molar-refractivity contribution < 1.29 is 24.5 Å². The van der Waals surface area contributed by atoms with Gasteiger partial charge in [-0.3, -0.25) is 9.69 Å². The Balaban J connectivity index is 1.77. The minimum atomic E-state index is -0.219. The molecule has 3 rings (SSSR count). The average molecular weight is 353 g/mol. The molecule has 0 saturated carbocycles. The van der Waals surface area contributed by atoms with Gasteiger partial charge < -0.3 is 19.7 Å². The van der Waals surface area contributed by atoms with E-state index >= 15 is 0 Å². The third-order valence-electron chi connectivity index (χ3n) is 6.03. The number of fused-ring (bicyclic) bond motifs is 3. The molecule has 0 radical (unpaired) electrons. The van der Waals surface area contributed by atoms with Crippen molar-refractivity contribution in [3.63, 3.8) is 0 Å². The van der Waals surface area contributed by atoms with Crippen LogP contribution in [0.25, 0.3) is 0 Å². The SMILES string of the molecule is C/C1=C\CC[C@@]2(C)O[C@H]2[C@H]2OC(=O)[C@@H](CN(CCO)CCO)[C@@H]2CC1. The van der Waals surface area contributed by atoms with Crippen molar-refractivity contribution in [2.75, 3.05) is 32.8 Å². The predicted octanol–water partition coefficient (Wildman–Crippen LogP) is 1.11. The topological polar surface area (TPSA) is 82.5 Å². The van der Waals surface area contributed by atoms with Crippen LogP contribution in [0.5, 0.6) is 0 Å². The normalized spacial score (nSPS) is 40.0. The number of ether oxygens (including phenoxy) is 2. The molecule has 2 N–H and O–H groups in total. The number of nitrogens with zero attached hydrogens (tertiary/aromatic N) is 1. The van der Waals surface area contributed by atoms with Crippen LogP contribution >= 0.6 is 0 Å². The maximum Gasteiger partial charge on any atom is 0.311 e. The first-order valence-corrected chi connectivity index (χ1v) is 9.46. The molecule has 0 amide bonds. The molecule has 2 aliphatic heterocycles. The Kier molecular flexibility index (Phi) is 5.83. The molecule has 25 heavy (non-hydrogen) atoms. The van der Waals surface area contributed by atoms with Crippen LogP contribution in [0.1, 0.15) is 39.5 Å². The Labute approximate surface area is 149 Å². The van der Waals surface area contributed by atoms with Gasteiger partial charge in [-0.25, -0.2) is 0 Å². The molecule has 2 saturated heterocycles. The lowest BCUT2D eigenvalue weighted by molar-refractivity contribution is -0.145. The molecular formula is C19H31NO5. The quantitative estimate of drug-likeness (QED) is 0.423. The summed E-state index contributed by atoms with van der Waals surface area (Å²) in [5.41, 5.74) is 1.18. The van der Waals surface area contributed by atoms with Gasteiger partial charge in [0.1, 0.15) is 12.2 Å². The Hall–Kier alpha value is -0.950. The largest absolute Gasteiger partial charge is 0.459 e. The van der Waals surface area contributed by atoms with Crippen molar-refractivity contribution in [3.8, 4) is 0 Å². The van der Waals surface area contributed by atoms with E-state index in [1.54, 1.807) is 0 Å². The predicted molar refractivity (Wildman–Crippen MR) is 93.0 cm³/mol. The third-order valence-corrected chi connectivity index (χ3v) is 6.03. The van der Waals surface area contributed by atoms with Gasteiger partial charge in [-0.2, -0.15) is 0 Å². The molecule has 6 heteroatoms. The monoisotopic (exact) mass is 353 g/mol. The zero-order valence-corrected chi connectivity index (χ0v) is 15.3. The maximum absolute atomic E-state index is 12.6. The summed E-state index contributed by atoms with van der Waals surface area (Å²) in [6.45, 7) is 5.73. The fourth-order valence-electron chi connectivity index (χ4n) is 4.40. The summed E-state index contributed by atoms with van der Waals surface area (Å²) in [5.74, 6) is -0.251. The Morgan fingerprint density at radius 1 is 1.32 bits per heavy atom. The number of aliphatic hydroxyl groups excluding tert-OH is 2. The fraction of sp³-hybridized carbons (Fsp3) is 0.842. The number of aliphatic hydroxyl groups is 2. The number of hydrogen-bond acceptors (Lipinski definition) is 6. The smallest absolute Gasteiger partial charge is 0.311 e. The van der Waals surface area contributed by atoms with Gasteiger partial charge >= 0.3 is 5.97 Å². The summed E-state index contributed by atoms with van der Waals surface area (Å²) < 4.78 is 11.8. The molecule has 0 aromatic rings. The highest BCUT2D eigenvalue weighted by Gasteiger charge is 2.62. The number of hydrogen-bond donors (Lipinski definition) is 2. The van der Waals surface area contributed by atoms with Crippen LogP contribution in [-0.4, -0.2) is 71.7 Å². The number of carbonyl (C=O) groups excluding carboxylic acids is 1. The fourth-order valence-corrected chi connectivity index (χ4v) is 4.40. The van der Waals surface area contributed by atoms with Crippen LogP contribution in [-0.2, 0) is 14.3 Å². The minimum absolute atomic E-state index is 0.00221. The van der Waals surface area contributed by atoms with Gasteiger partial charge in [0.25, 0.3) is 0 Å². The lowest BCUT2D eigenvalue weighted by atomic mass is 9.80. The van der Waals surface area contributed by atoms with Crippen LogP contribution in [0.4, 0.5) is 0 Å². The standard InChI is InChI=1S/C19H31NO5/c1-13-4-3-7-19(2)17(25-19)16-14(6-5-13)15(18(23)24-16)12-20(8-10-21)9-11-22/h4,14-17,21-22H,3,5-12H2,1-2H3/b13-4+/t14-,15-,16-,17-,19+/m0/s1. The summed E-state index contributed by atoms with van der Waals surface area (Å²) >= 11 is 0. The van der Waals surface area contributed by atoms with E-state index in [0.29, 0.717) is 19.6 Å². The van der Waals surface area contributed by atoms with E-state index in [1.807, 2.05) is 4.90 Å². The van der Waals surface area contributed by atoms with E-state index in [9.17, 15) is 15.0 Å². The molecule has 1 aliphatic carbocycles. The van der Waals surface area contributed by atoms with E-state index in [2.05, 4.69) is 19.9 Å². The molecule has 2 fully saturated rings. The average Bonchev–Trinajstić information content (AvgIpc) is 3.13. The molecule has 0 aromatic heterocycles. The van der Waals surface area contributed by atoms with Gasteiger partial charge in [0, 0.05) is 25.6 Å². The van der Waals surface area contributed by atoms with Crippen LogP contribution < -0.4 is 0 Å². The van der Waals surface area contributed by atoms with Crippen LogP contribution in [0.3, 0.4) is 0 Å². The summed E-state index contributed by atoms with van der Waals surface area (Å²) in [7, 11) is 0. The molecule has 6 nitrogen and oxygen atoms in total. The van der Waals surface area contributed by atoms with Crippen molar-refractivity contribution in [1.82, 2.24) is 4.90 Å². The molecule has 2 heterocycles. The Bertz CT molecular complexity index is 516. The number of rotatable bonds is 6. The molecular weight excluding hydrogens is 322 g/mol. The Morgan fingerprint density at radius 2 is 2.04 bits per heavy atom. The summed E-state index contributed by atoms with van der Waals surface area (Å²) in [6.07, 6.45) is 5.97. The molecule has 0 unspecified atom stereocenters. The molecule has 142 valence electrons.